The van der Waals surface area contributed by atoms with Crippen molar-refractivity contribution in [3.8, 4) is 0 Å². The Morgan fingerprint density at radius 1 is 1.70 bits per heavy atom. The maximum absolute atomic E-state index is 10.8. The number of aliphatic hydroxyl groups excluding tert-OH is 1. The first-order valence-electron chi connectivity index (χ1n) is 3.93. The van der Waals surface area contributed by atoms with Gasteiger partial charge >= 0.3 is 0 Å². The van der Waals surface area contributed by atoms with Gasteiger partial charge in [-0.25, -0.2) is 0 Å². The average Bonchev–Trinajstić information content (AvgIpc) is 1.88. The van der Waals surface area contributed by atoms with Gasteiger partial charge in [-0.2, -0.15) is 0 Å². The summed E-state index contributed by atoms with van der Waals surface area (Å²) < 4.78 is 0. The normalized spacial score (nSPS) is 34.4. The van der Waals surface area contributed by atoms with Crippen molar-refractivity contribution in [3.05, 3.63) is 0 Å². The summed E-state index contributed by atoms with van der Waals surface area (Å²) in [6.07, 6.45) is 2.59. The zero-order valence-corrected chi connectivity index (χ0v) is 6.34. The minimum atomic E-state index is -0.355. The number of Topliss-reactive ketones (excluding diaryl/α,β-unsaturated/α-hetero) is 1. The first-order chi connectivity index (χ1) is 4.74. The Labute approximate surface area is 61.2 Å². The van der Waals surface area contributed by atoms with E-state index in [1.54, 1.807) is 0 Å². The molecule has 1 aliphatic carbocycles. The molecule has 1 saturated carbocycles. The van der Waals surface area contributed by atoms with E-state index in [0.29, 0.717) is 18.8 Å². The lowest BCUT2D eigenvalue weighted by molar-refractivity contribution is -0.124. The first kappa shape index (κ1) is 7.73. The molecule has 0 heterocycles. The molecule has 0 radical (unpaired) electrons. The molecule has 2 atom stereocenters. The fourth-order valence-corrected chi connectivity index (χ4v) is 1.52. The van der Waals surface area contributed by atoms with Crippen molar-refractivity contribution >= 4 is 5.78 Å². The molecule has 2 unspecified atom stereocenters. The highest BCUT2D eigenvalue weighted by Crippen LogP contribution is 2.24. The van der Waals surface area contributed by atoms with Crippen LogP contribution in [0.2, 0.25) is 0 Å². The Morgan fingerprint density at radius 3 is 2.90 bits per heavy atom. The molecule has 58 valence electrons. The number of hydrogen-bond donors (Lipinski definition) is 1. The lowest BCUT2D eigenvalue weighted by Crippen LogP contribution is -2.28. The molecule has 1 fully saturated rings. The highest BCUT2D eigenvalue weighted by molar-refractivity contribution is 5.79. The third kappa shape index (κ3) is 1.57. The molecule has 0 aliphatic heterocycles. The summed E-state index contributed by atoms with van der Waals surface area (Å²) in [5.41, 5.74) is 0. The predicted molar refractivity (Wildman–Crippen MR) is 38.6 cm³/mol. The molecule has 10 heavy (non-hydrogen) atoms. The fourth-order valence-electron chi connectivity index (χ4n) is 1.52. The van der Waals surface area contributed by atoms with Gasteiger partial charge in [-0.3, -0.25) is 4.79 Å². The standard InChI is InChI=1S/C8H14O2/c1-2-6-3-4-7(9)5-8(6)10/h6,8,10H,2-5H2,1H3. The van der Waals surface area contributed by atoms with Crippen LogP contribution in [0.5, 0.6) is 0 Å². The largest absolute Gasteiger partial charge is 0.392 e. The molecule has 1 rings (SSSR count). The molecule has 0 saturated heterocycles. The van der Waals surface area contributed by atoms with Crippen LogP contribution >= 0.6 is 0 Å². The van der Waals surface area contributed by atoms with E-state index in [0.717, 1.165) is 12.8 Å². The van der Waals surface area contributed by atoms with Crippen LogP contribution in [0, 0.1) is 5.92 Å². The predicted octanol–water partition coefficient (Wildman–Crippen LogP) is 1.13. The van der Waals surface area contributed by atoms with E-state index in [1.807, 2.05) is 0 Å². The van der Waals surface area contributed by atoms with Crippen molar-refractivity contribution in [1.29, 1.82) is 0 Å². The number of ketones is 1. The van der Waals surface area contributed by atoms with Gasteiger partial charge in [0, 0.05) is 12.8 Å². The Bertz CT molecular complexity index is 131. The lowest BCUT2D eigenvalue weighted by atomic mass is 9.84. The van der Waals surface area contributed by atoms with E-state index in [9.17, 15) is 9.90 Å². The van der Waals surface area contributed by atoms with Gasteiger partial charge in [0.2, 0.25) is 0 Å². The van der Waals surface area contributed by atoms with Crippen LogP contribution in [0.15, 0.2) is 0 Å². The molecular formula is C8H14O2. The van der Waals surface area contributed by atoms with Crippen LogP contribution in [0.25, 0.3) is 0 Å². The van der Waals surface area contributed by atoms with Crippen molar-refractivity contribution in [1.82, 2.24) is 0 Å². The molecule has 2 nitrogen and oxygen atoms in total. The minimum absolute atomic E-state index is 0.220. The Balaban J connectivity index is 2.43. The maximum atomic E-state index is 10.8. The quantitative estimate of drug-likeness (QED) is 0.595. The SMILES string of the molecule is CCC1CCC(=O)CC1O. The molecule has 0 bridgehead atoms. The molecule has 0 aromatic carbocycles. The molecule has 0 aromatic heterocycles. The summed E-state index contributed by atoms with van der Waals surface area (Å²) in [5.74, 6) is 0.592. The van der Waals surface area contributed by atoms with Crippen molar-refractivity contribution in [2.45, 2.75) is 38.7 Å². The highest BCUT2D eigenvalue weighted by atomic mass is 16.3. The lowest BCUT2D eigenvalue weighted by Gasteiger charge is -2.25. The van der Waals surface area contributed by atoms with Crippen LogP contribution in [0.4, 0.5) is 0 Å². The second kappa shape index (κ2) is 3.15. The summed E-state index contributed by atoms with van der Waals surface area (Å²) in [4.78, 5) is 10.8. The van der Waals surface area contributed by atoms with Crippen molar-refractivity contribution < 1.29 is 9.90 Å². The maximum Gasteiger partial charge on any atom is 0.135 e. The molecule has 2 heteroatoms. The van der Waals surface area contributed by atoms with Gasteiger partial charge in [-0.05, 0) is 12.3 Å². The molecule has 1 N–H and O–H groups in total. The van der Waals surface area contributed by atoms with Crippen LogP contribution < -0.4 is 0 Å². The number of rotatable bonds is 1. The van der Waals surface area contributed by atoms with Gasteiger partial charge in [0.15, 0.2) is 0 Å². The van der Waals surface area contributed by atoms with E-state index in [2.05, 4.69) is 6.92 Å². The molecule has 0 amide bonds. The van der Waals surface area contributed by atoms with Crippen molar-refractivity contribution in [3.63, 3.8) is 0 Å². The second-order valence-electron chi connectivity index (χ2n) is 3.02. The highest BCUT2D eigenvalue weighted by Gasteiger charge is 2.25. The second-order valence-corrected chi connectivity index (χ2v) is 3.02. The van der Waals surface area contributed by atoms with Gasteiger partial charge in [0.05, 0.1) is 6.10 Å². The van der Waals surface area contributed by atoms with Crippen LogP contribution in [-0.4, -0.2) is 17.0 Å². The van der Waals surface area contributed by atoms with Gasteiger partial charge in [-0.15, -0.1) is 0 Å². The number of hydrogen-bond acceptors (Lipinski definition) is 2. The fraction of sp³-hybridized carbons (Fsp3) is 0.875. The average molecular weight is 142 g/mol. The summed E-state index contributed by atoms with van der Waals surface area (Å²) in [6.45, 7) is 2.06. The smallest absolute Gasteiger partial charge is 0.135 e. The Hall–Kier alpha value is -0.370. The third-order valence-corrected chi connectivity index (χ3v) is 2.30. The van der Waals surface area contributed by atoms with Gasteiger partial charge in [0.1, 0.15) is 5.78 Å². The van der Waals surface area contributed by atoms with Gasteiger partial charge in [0.25, 0.3) is 0 Å². The summed E-state index contributed by atoms with van der Waals surface area (Å²) in [6, 6.07) is 0. The van der Waals surface area contributed by atoms with Crippen LogP contribution in [0.1, 0.15) is 32.6 Å². The van der Waals surface area contributed by atoms with Crippen molar-refractivity contribution in [2.75, 3.05) is 0 Å². The first-order valence-corrected chi connectivity index (χ1v) is 3.93. The topological polar surface area (TPSA) is 37.3 Å². The summed E-state index contributed by atoms with van der Waals surface area (Å²) in [7, 11) is 0. The zero-order valence-electron chi connectivity index (χ0n) is 6.34. The van der Waals surface area contributed by atoms with E-state index in [-0.39, 0.29) is 11.9 Å². The van der Waals surface area contributed by atoms with E-state index in [1.165, 1.54) is 0 Å². The van der Waals surface area contributed by atoms with E-state index in [4.69, 9.17) is 0 Å². The molecule has 1 aliphatic rings. The van der Waals surface area contributed by atoms with Crippen molar-refractivity contribution in [2.24, 2.45) is 5.92 Å². The number of carbonyl (C=O) groups excluding carboxylic acids is 1. The molecule has 0 aromatic rings. The summed E-state index contributed by atoms with van der Waals surface area (Å²) >= 11 is 0. The molecule has 0 spiro atoms. The minimum Gasteiger partial charge on any atom is -0.392 e. The van der Waals surface area contributed by atoms with Crippen LogP contribution in [-0.2, 0) is 4.79 Å². The number of carbonyl (C=O) groups is 1. The zero-order chi connectivity index (χ0) is 7.56. The monoisotopic (exact) mass is 142 g/mol. The number of aliphatic hydroxyl groups is 1. The Morgan fingerprint density at radius 2 is 2.40 bits per heavy atom. The molecular weight excluding hydrogens is 128 g/mol. The van der Waals surface area contributed by atoms with Crippen LogP contribution in [0.3, 0.4) is 0 Å². The third-order valence-electron chi connectivity index (χ3n) is 2.30. The van der Waals surface area contributed by atoms with Gasteiger partial charge in [-0.1, -0.05) is 13.3 Å². The van der Waals surface area contributed by atoms with E-state index >= 15 is 0 Å². The Kier molecular flexibility index (Phi) is 2.44. The summed E-state index contributed by atoms with van der Waals surface area (Å²) in [5, 5.41) is 9.32. The van der Waals surface area contributed by atoms with E-state index < -0.39 is 0 Å². The van der Waals surface area contributed by atoms with Gasteiger partial charge < -0.3 is 5.11 Å².